The van der Waals surface area contributed by atoms with Crippen molar-refractivity contribution in [1.29, 1.82) is 0 Å². The first kappa shape index (κ1) is 16.3. The Labute approximate surface area is 139 Å². The number of carbonyl (C=O) groups is 1. The lowest BCUT2D eigenvalue weighted by molar-refractivity contribution is 0.104. The molecule has 4 heteroatoms. The maximum Gasteiger partial charge on any atom is 0.187 e. The molecule has 0 aromatic heterocycles. The summed E-state index contributed by atoms with van der Waals surface area (Å²) in [7, 11) is 0. The van der Waals surface area contributed by atoms with Gasteiger partial charge >= 0.3 is 0 Å². The molecular weight excluding hydrogens is 342 g/mol. The number of hydrogen-bond donors (Lipinski definition) is 1. The van der Waals surface area contributed by atoms with E-state index in [2.05, 4.69) is 21.2 Å². The molecule has 114 valence electrons. The number of halogens is 1. The lowest BCUT2D eigenvalue weighted by Gasteiger charge is -2.09. The van der Waals surface area contributed by atoms with E-state index >= 15 is 0 Å². The highest BCUT2D eigenvalue weighted by atomic mass is 79.9. The summed E-state index contributed by atoms with van der Waals surface area (Å²) in [4.78, 5) is 12.2. The first-order valence-electron chi connectivity index (χ1n) is 7.06. The first-order valence-corrected chi connectivity index (χ1v) is 7.86. The lowest BCUT2D eigenvalue weighted by Crippen LogP contribution is -2.01. The molecule has 0 bridgehead atoms. The normalized spacial score (nSPS) is 11.1. The van der Waals surface area contributed by atoms with Crippen LogP contribution in [0.2, 0.25) is 0 Å². The molecule has 0 amide bonds. The topological polar surface area (TPSA) is 38.3 Å². The van der Waals surface area contributed by atoms with Crippen LogP contribution in [-0.2, 0) is 0 Å². The fourth-order valence-corrected chi connectivity index (χ4v) is 2.25. The second kappa shape index (κ2) is 7.80. The monoisotopic (exact) mass is 359 g/mol. The van der Waals surface area contributed by atoms with Crippen LogP contribution in [0.3, 0.4) is 0 Å². The van der Waals surface area contributed by atoms with Crippen molar-refractivity contribution in [1.82, 2.24) is 0 Å². The SMILES string of the molecule is CCOc1cccc(N/C(C)=C/C(=O)c2ccc(Br)cc2)c1. The number of benzene rings is 2. The summed E-state index contributed by atoms with van der Waals surface area (Å²) in [6.07, 6.45) is 1.59. The van der Waals surface area contributed by atoms with Crippen LogP contribution in [0.4, 0.5) is 5.69 Å². The van der Waals surface area contributed by atoms with Gasteiger partial charge in [0.05, 0.1) is 6.61 Å². The van der Waals surface area contributed by atoms with Crippen LogP contribution in [0, 0.1) is 0 Å². The molecule has 0 aliphatic rings. The van der Waals surface area contributed by atoms with Gasteiger partial charge in [-0.3, -0.25) is 4.79 Å². The summed E-state index contributed by atoms with van der Waals surface area (Å²) in [6, 6.07) is 15.0. The average molecular weight is 360 g/mol. The Hall–Kier alpha value is -2.07. The summed E-state index contributed by atoms with van der Waals surface area (Å²) < 4.78 is 6.41. The van der Waals surface area contributed by atoms with Gasteiger partial charge in [-0.05, 0) is 50.2 Å². The van der Waals surface area contributed by atoms with E-state index in [4.69, 9.17) is 4.74 Å². The van der Waals surface area contributed by atoms with Crippen LogP contribution in [0.15, 0.2) is 64.8 Å². The Morgan fingerprint density at radius 1 is 1.23 bits per heavy atom. The molecule has 3 nitrogen and oxygen atoms in total. The van der Waals surface area contributed by atoms with E-state index in [-0.39, 0.29) is 5.78 Å². The van der Waals surface area contributed by atoms with E-state index < -0.39 is 0 Å². The van der Waals surface area contributed by atoms with Gasteiger partial charge < -0.3 is 10.1 Å². The molecule has 2 aromatic rings. The largest absolute Gasteiger partial charge is 0.494 e. The predicted molar refractivity (Wildman–Crippen MR) is 93.5 cm³/mol. The van der Waals surface area contributed by atoms with Crippen LogP contribution in [0.25, 0.3) is 0 Å². The summed E-state index contributed by atoms with van der Waals surface area (Å²) in [5, 5.41) is 3.20. The second-order valence-corrected chi connectivity index (χ2v) is 5.70. The third-order valence-electron chi connectivity index (χ3n) is 2.96. The number of nitrogens with one attached hydrogen (secondary N) is 1. The highest BCUT2D eigenvalue weighted by Crippen LogP contribution is 2.19. The van der Waals surface area contributed by atoms with Gasteiger partial charge in [-0.25, -0.2) is 0 Å². The number of rotatable bonds is 6. The minimum absolute atomic E-state index is 0.0292. The fraction of sp³-hybridized carbons (Fsp3) is 0.167. The summed E-state index contributed by atoms with van der Waals surface area (Å²) in [5.41, 5.74) is 2.33. The first-order chi connectivity index (χ1) is 10.6. The number of hydrogen-bond acceptors (Lipinski definition) is 3. The molecule has 0 aliphatic heterocycles. The molecule has 0 radical (unpaired) electrons. The molecule has 0 atom stereocenters. The van der Waals surface area contributed by atoms with Crippen molar-refractivity contribution in [3.8, 4) is 5.75 Å². The maximum absolute atomic E-state index is 12.2. The van der Waals surface area contributed by atoms with Gasteiger partial charge in [0.2, 0.25) is 0 Å². The minimum atomic E-state index is -0.0292. The Morgan fingerprint density at radius 2 is 1.95 bits per heavy atom. The van der Waals surface area contributed by atoms with Crippen LogP contribution in [-0.4, -0.2) is 12.4 Å². The third kappa shape index (κ3) is 4.74. The molecule has 0 heterocycles. The quantitative estimate of drug-likeness (QED) is 0.579. The van der Waals surface area contributed by atoms with Crippen molar-refractivity contribution in [3.63, 3.8) is 0 Å². The van der Waals surface area contributed by atoms with Crippen molar-refractivity contribution in [3.05, 3.63) is 70.3 Å². The van der Waals surface area contributed by atoms with E-state index in [9.17, 15) is 4.79 Å². The van der Waals surface area contributed by atoms with Crippen LogP contribution in [0.5, 0.6) is 5.75 Å². The van der Waals surface area contributed by atoms with E-state index in [0.717, 1.165) is 21.6 Å². The zero-order valence-corrected chi connectivity index (χ0v) is 14.2. The Balaban J connectivity index is 2.07. The number of ether oxygens (including phenoxy) is 1. The van der Waals surface area contributed by atoms with Crippen molar-refractivity contribution in [2.24, 2.45) is 0 Å². The smallest absolute Gasteiger partial charge is 0.187 e. The van der Waals surface area contributed by atoms with Gasteiger partial charge in [0, 0.05) is 33.6 Å². The van der Waals surface area contributed by atoms with Crippen molar-refractivity contribution in [2.45, 2.75) is 13.8 Å². The molecule has 0 saturated carbocycles. The van der Waals surface area contributed by atoms with Gasteiger partial charge in [-0.1, -0.05) is 22.0 Å². The van der Waals surface area contributed by atoms with E-state index in [0.29, 0.717) is 12.2 Å². The molecular formula is C18H18BrNO2. The molecule has 2 aromatic carbocycles. The summed E-state index contributed by atoms with van der Waals surface area (Å²) in [5.74, 6) is 0.776. The molecule has 2 rings (SSSR count). The predicted octanol–water partition coefficient (Wildman–Crippen LogP) is 5.05. The van der Waals surface area contributed by atoms with Crippen molar-refractivity contribution in [2.75, 3.05) is 11.9 Å². The van der Waals surface area contributed by atoms with Crippen molar-refractivity contribution >= 4 is 27.4 Å². The van der Waals surface area contributed by atoms with Crippen molar-refractivity contribution < 1.29 is 9.53 Å². The molecule has 22 heavy (non-hydrogen) atoms. The highest BCUT2D eigenvalue weighted by molar-refractivity contribution is 9.10. The molecule has 0 fully saturated rings. The summed E-state index contributed by atoms with van der Waals surface area (Å²) >= 11 is 3.36. The zero-order valence-electron chi connectivity index (χ0n) is 12.6. The van der Waals surface area contributed by atoms with Gasteiger partial charge in [0.1, 0.15) is 5.75 Å². The van der Waals surface area contributed by atoms with E-state index in [1.165, 1.54) is 0 Å². The average Bonchev–Trinajstić information content (AvgIpc) is 2.48. The van der Waals surface area contributed by atoms with Gasteiger partial charge in [-0.2, -0.15) is 0 Å². The van der Waals surface area contributed by atoms with Crippen LogP contribution >= 0.6 is 15.9 Å². The highest BCUT2D eigenvalue weighted by Gasteiger charge is 2.03. The molecule has 0 unspecified atom stereocenters. The van der Waals surface area contributed by atoms with Gasteiger partial charge in [0.15, 0.2) is 5.78 Å². The third-order valence-corrected chi connectivity index (χ3v) is 3.49. The Kier molecular flexibility index (Phi) is 5.78. The Morgan fingerprint density at radius 3 is 2.64 bits per heavy atom. The fourth-order valence-electron chi connectivity index (χ4n) is 1.99. The van der Waals surface area contributed by atoms with Crippen LogP contribution in [0.1, 0.15) is 24.2 Å². The molecule has 0 aliphatic carbocycles. The minimum Gasteiger partial charge on any atom is -0.494 e. The van der Waals surface area contributed by atoms with E-state index in [1.807, 2.05) is 50.2 Å². The second-order valence-electron chi connectivity index (χ2n) is 4.78. The number of carbonyl (C=O) groups excluding carboxylic acids is 1. The molecule has 0 spiro atoms. The zero-order chi connectivity index (χ0) is 15.9. The number of anilines is 1. The lowest BCUT2D eigenvalue weighted by atomic mass is 10.1. The van der Waals surface area contributed by atoms with Crippen LogP contribution < -0.4 is 10.1 Å². The van der Waals surface area contributed by atoms with Gasteiger partial charge in [-0.15, -0.1) is 0 Å². The van der Waals surface area contributed by atoms with Gasteiger partial charge in [0.25, 0.3) is 0 Å². The standard InChI is InChI=1S/C18H18BrNO2/c1-3-22-17-6-4-5-16(12-17)20-13(2)11-18(21)14-7-9-15(19)10-8-14/h4-12,20H,3H2,1-2H3/b13-11+. The van der Waals surface area contributed by atoms with E-state index in [1.54, 1.807) is 18.2 Å². The molecule has 0 saturated heterocycles. The number of allylic oxidation sites excluding steroid dienone is 2. The number of ketones is 1. The maximum atomic E-state index is 12.2. The Bertz CT molecular complexity index is 678. The molecule has 1 N–H and O–H groups in total. The summed E-state index contributed by atoms with van der Waals surface area (Å²) in [6.45, 7) is 4.44.